The van der Waals surface area contributed by atoms with Crippen molar-refractivity contribution >= 4 is 29.9 Å². The topological polar surface area (TPSA) is 94.2 Å². The summed E-state index contributed by atoms with van der Waals surface area (Å²) in [6, 6.07) is 0.202. The summed E-state index contributed by atoms with van der Waals surface area (Å²) < 4.78 is 9.65. The van der Waals surface area contributed by atoms with Crippen LogP contribution in [0.25, 0.3) is 0 Å². The van der Waals surface area contributed by atoms with Crippen LogP contribution in [-0.4, -0.2) is 55.8 Å². The summed E-state index contributed by atoms with van der Waals surface area (Å²) in [5.41, 5.74) is 3.57. The van der Waals surface area contributed by atoms with Crippen LogP contribution in [0.5, 0.6) is 0 Å². The van der Waals surface area contributed by atoms with Gasteiger partial charge in [-0.25, -0.2) is 4.99 Å². The maximum atomic E-state index is 5.74. The lowest BCUT2D eigenvalue weighted by atomic mass is 10.1. The number of hydrogen-bond acceptors (Lipinski definition) is 5. The van der Waals surface area contributed by atoms with Gasteiger partial charge in [-0.05, 0) is 52.5 Å². The molecular formula is C20H35IN8O. The van der Waals surface area contributed by atoms with Crippen LogP contribution in [0.1, 0.15) is 48.4 Å². The third kappa shape index (κ3) is 6.16. The molecule has 3 heterocycles. The van der Waals surface area contributed by atoms with E-state index in [4.69, 9.17) is 9.73 Å². The van der Waals surface area contributed by atoms with Gasteiger partial charge < -0.3 is 19.9 Å². The number of halogens is 1. The van der Waals surface area contributed by atoms with Gasteiger partial charge in [-0.1, -0.05) is 0 Å². The van der Waals surface area contributed by atoms with E-state index in [0.717, 1.165) is 55.7 Å². The molecule has 30 heavy (non-hydrogen) atoms. The molecule has 0 saturated carbocycles. The van der Waals surface area contributed by atoms with E-state index in [-0.39, 0.29) is 36.1 Å². The minimum Gasteiger partial charge on any atom is -0.376 e. The van der Waals surface area contributed by atoms with Gasteiger partial charge in [0.25, 0.3) is 0 Å². The van der Waals surface area contributed by atoms with Gasteiger partial charge >= 0.3 is 0 Å². The molecule has 0 bridgehead atoms. The first kappa shape index (κ1) is 24.6. The zero-order valence-corrected chi connectivity index (χ0v) is 21.2. The van der Waals surface area contributed by atoms with Crippen molar-refractivity contribution in [3.63, 3.8) is 0 Å². The summed E-state index contributed by atoms with van der Waals surface area (Å²) in [5.74, 6) is 2.49. The molecule has 2 aromatic rings. The van der Waals surface area contributed by atoms with E-state index in [1.54, 1.807) is 0 Å². The minimum absolute atomic E-state index is 0. The molecule has 1 aliphatic heterocycles. The summed E-state index contributed by atoms with van der Waals surface area (Å²) in [6.45, 7) is 10.4. The fourth-order valence-corrected chi connectivity index (χ4v) is 3.61. The Bertz CT molecular complexity index is 853. The maximum Gasteiger partial charge on any atom is 0.192 e. The van der Waals surface area contributed by atoms with Gasteiger partial charge in [-0.15, -0.1) is 34.2 Å². The molecule has 3 rings (SSSR count). The van der Waals surface area contributed by atoms with Crippen molar-refractivity contribution in [2.45, 2.75) is 65.6 Å². The number of hydrogen-bond donors (Lipinski definition) is 2. The molecule has 1 aliphatic rings. The molecule has 0 amide bonds. The Balaban J connectivity index is 0.00000320. The Morgan fingerprint density at radius 1 is 1.27 bits per heavy atom. The Labute approximate surface area is 196 Å². The average molecular weight is 530 g/mol. The van der Waals surface area contributed by atoms with Gasteiger partial charge in [-0.2, -0.15) is 5.10 Å². The van der Waals surface area contributed by atoms with E-state index >= 15 is 0 Å². The zero-order valence-electron chi connectivity index (χ0n) is 18.9. The number of nitrogens with zero attached hydrogens (tertiary/aromatic N) is 6. The minimum atomic E-state index is 0. The van der Waals surface area contributed by atoms with Gasteiger partial charge in [0, 0.05) is 39.0 Å². The van der Waals surface area contributed by atoms with Crippen LogP contribution < -0.4 is 10.6 Å². The number of guanidine groups is 1. The van der Waals surface area contributed by atoms with E-state index in [9.17, 15) is 0 Å². The third-order valence-electron chi connectivity index (χ3n) is 5.63. The molecule has 168 valence electrons. The molecule has 0 aliphatic carbocycles. The van der Waals surface area contributed by atoms with Gasteiger partial charge in [0.1, 0.15) is 12.4 Å². The van der Waals surface area contributed by atoms with Crippen molar-refractivity contribution < 1.29 is 4.74 Å². The summed E-state index contributed by atoms with van der Waals surface area (Å²) >= 11 is 0. The molecule has 2 N–H and O–H groups in total. The Morgan fingerprint density at radius 3 is 2.60 bits per heavy atom. The molecule has 2 unspecified atom stereocenters. The summed E-state index contributed by atoms with van der Waals surface area (Å²) in [6.07, 6.45) is 3.35. The van der Waals surface area contributed by atoms with Crippen LogP contribution in [0.4, 0.5) is 0 Å². The van der Waals surface area contributed by atoms with E-state index in [2.05, 4.69) is 46.7 Å². The van der Waals surface area contributed by atoms with Crippen LogP contribution in [0.3, 0.4) is 0 Å². The molecule has 2 atom stereocenters. The van der Waals surface area contributed by atoms with Gasteiger partial charge in [-0.3, -0.25) is 4.68 Å². The maximum absolute atomic E-state index is 5.74. The van der Waals surface area contributed by atoms with Crippen molar-refractivity contribution in [3.05, 3.63) is 28.6 Å². The quantitative estimate of drug-likeness (QED) is 0.323. The van der Waals surface area contributed by atoms with Crippen LogP contribution in [0.2, 0.25) is 0 Å². The van der Waals surface area contributed by atoms with E-state index in [1.165, 1.54) is 11.3 Å². The van der Waals surface area contributed by atoms with E-state index < -0.39 is 0 Å². The van der Waals surface area contributed by atoms with Crippen molar-refractivity contribution in [1.82, 2.24) is 35.2 Å². The summed E-state index contributed by atoms with van der Waals surface area (Å²) in [4.78, 5) is 4.76. The van der Waals surface area contributed by atoms with Crippen LogP contribution in [-0.2, 0) is 31.8 Å². The second kappa shape index (κ2) is 11.1. The highest BCUT2D eigenvalue weighted by Gasteiger charge is 2.18. The largest absolute Gasteiger partial charge is 0.376 e. The van der Waals surface area contributed by atoms with Crippen molar-refractivity contribution in [1.29, 1.82) is 0 Å². The number of aliphatic imine (C=N–C) groups is 1. The predicted octanol–water partition coefficient (Wildman–Crippen LogP) is 1.94. The number of nitrogens with one attached hydrogen (secondary N) is 2. The first-order valence-electron chi connectivity index (χ1n) is 10.4. The number of ether oxygens (including phenoxy) is 1. The molecule has 0 aromatic carbocycles. The predicted molar refractivity (Wildman–Crippen MR) is 128 cm³/mol. The number of aromatic nitrogens is 5. The molecule has 0 spiro atoms. The molecular weight excluding hydrogens is 495 g/mol. The fraction of sp³-hybridized carbons (Fsp3) is 0.700. The molecule has 1 fully saturated rings. The highest BCUT2D eigenvalue weighted by molar-refractivity contribution is 14.0. The van der Waals surface area contributed by atoms with Gasteiger partial charge in [0.15, 0.2) is 11.8 Å². The second-order valence-corrected chi connectivity index (χ2v) is 7.93. The molecule has 9 nitrogen and oxygen atoms in total. The number of aryl methyl sites for hydroxylation is 3. The fourth-order valence-electron chi connectivity index (χ4n) is 3.61. The Hall–Kier alpha value is -1.69. The highest BCUT2D eigenvalue weighted by atomic mass is 127. The SMILES string of the molecule is Cc1nn(C)c(C)c1CC(C)NC(=NCc1nnc(C)n1C)NCC1CCCO1.I. The van der Waals surface area contributed by atoms with Crippen molar-refractivity contribution in [2.75, 3.05) is 13.2 Å². The lowest BCUT2D eigenvalue weighted by Gasteiger charge is -2.20. The van der Waals surface area contributed by atoms with Crippen LogP contribution in [0, 0.1) is 20.8 Å². The standard InChI is InChI=1S/C20H34N8O.HI/c1-13(10-18-14(2)26-28(6)15(18)3)23-20(21-11-17-8-7-9-29-17)22-12-19-25-24-16(4)27(19)5;/h13,17H,7-12H2,1-6H3,(H2,21,22,23);1H. The smallest absolute Gasteiger partial charge is 0.192 e. The van der Waals surface area contributed by atoms with Crippen LogP contribution in [0.15, 0.2) is 4.99 Å². The molecule has 0 radical (unpaired) electrons. The summed E-state index contributed by atoms with van der Waals surface area (Å²) in [5, 5.41) is 19.8. The zero-order chi connectivity index (χ0) is 21.0. The van der Waals surface area contributed by atoms with Gasteiger partial charge in [0.05, 0.1) is 11.8 Å². The van der Waals surface area contributed by atoms with E-state index in [0.29, 0.717) is 6.54 Å². The third-order valence-corrected chi connectivity index (χ3v) is 5.63. The normalized spacial score (nSPS) is 17.7. The molecule has 2 aromatic heterocycles. The van der Waals surface area contributed by atoms with Gasteiger partial charge in [0.2, 0.25) is 0 Å². The average Bonchev–Trinajstić information content (AvgIpc) is 3.37. The Kier molecular flexibility index (Phi) is 9.08. The molecule has 1 saturated heterocycles. The Morgan fingerprint density at radius 2 is 2.03 bits per heavy atom. The lowest BCUT2D eigenvalue weighted by Crippen LogP contribution is -2.45. The monoisotopic (exact) mass is 530 g/mol. The first-order valence-corrected chi connectivity index (χ1v) is 10.4. The summed E-state index contributed by atoms with van der Waals surface area (Å²) in [7, 11) is 3.95. The number of rotatable bonds is 7. The van der Waals surface area contributed by atoms with Crippen molar-refractivity contribution in [2.24, 2.45) is 19.1 Å². The second-order valence-electron chi connectivity index (χ2n) is 7.93. The molecule has 10 heteroatoms. The highest BCUT2D eigenvalue weighted by Crippen LogP contribution is 2.14. The van der Waals surface area contributed by atoms with Crippen molar-refractivity contribution in [3.8, 4) is 0 Å². The van der Waals surface area contributed by atoms with Crippen LogP contribution >= 0.6 is 24.0 Å². The lowest BCUT2D eigenvalue weighted by molar-refractivity contribution is 0.113. The first-order chi connectivity index (χ1) is 13.8. The van der Waals surface area contributed by atoms with E-state index in [1.807, 2.05) is 30.3 Å².